The van der Waals surface area contributed by atoms with Gasteiger partial charge in [0.15, 0.2) is 6.61 Å². The van der Waals surface area contributed by atoms with E-state index in [0.29, 0.717) is 17.4 Å². The van der Waals surface area contributed by atoms with Crippen molar-refractivity contribution in [3.63, 3.8) is 0 Å². The first-order valence-corrected chi connectivity index (χ1v) is 10.4. The van der Waals surface area contributed by atoms with Crippen LogP contribution in [-0.4, -0.2) is 47.1 Å². The molecule has 1 aromatic rings. The standard InChI is InChI=1S/C19H26N2O5S/c1-12-6-3-4-7-14(12)20-17(23)10-26-19(24)15-11-27-18(21(15)13(2)22)16-8-5-9-25-16/h5,8-9,12,14-15,18H,3-4,6-7,10-11H2,1-2H3,(H,20,23)/t12-,14+,15-,18+/m0/s1. The fourth-order valence-electron chi connectivity index (χ4n) is 3.74. The lowest BCUT2D eigenvalue weighted by atomic mass is 9.86. The predicted octanol–water partition coefficient (Wildman–Crippen LogP) is 2.48. The summed E-state index contributed by atoms with van der Waals surface area (Å²) >= 11 is 1.45. The molecule has 1 saturated heterocycles. The summed E-state index contributed by atoms with van der Waals surface area (Å²) in [5.74, 6) is 0.388. The first-order valence-electron chi connectivity index (χ1n) is 9.37. The summed E-state index contributed by atoms with van der Waals surface area (Å²) in [7, 11) is 0. The highest BCUT2D eigenvalue weighted by Crippen LogP contribution is 2.41. The number of amides is 2. The highest BCUT2D eigenvalue weighted by molar-refractivity contribution is 7.99. The molecule has 0 spiro atoms. The molecule has 1 saturated carbocycles. The fourth-order valence-corrected chi connectivity index (χ4v) is 5.15. The number of rotatable bonds is 5. The third kappa shape index (κ3) is 4.66. The first kappa shape index (κ1) is 19.8. The van der Waals surface area contributed by atoms with Crippen LogP contribution in [0, 0.1) is 5.92 Å². The van der Waals surface area contributed by atoms with Crippen molar-refractivity contribution >= 4 is 29.5 Å². The number of carbonyl (C=O) groups is 3. The number of esters is 1. The SMILES string of the molecule is CC(=O)N1[C@@H](c2ccco2)SC[C@H]1C(=O)OCC(=O)N[C@@H]1CCCC[C@@H]1C. The van der Waals surface area contributed by atoms with Gasteiger partial charge in [-0.1, -0.05) is 19.8 Å². The van der Waals surface area contributed by atoms with Gasteiger partial charge in [0.05, 0.1) is 6.26 Å². The molecule has 27 heavy (non-hydrogen) atoms. The van der Waals surface area contributed by atoms with Crippen LogP contribution < -0.4 is 5.32 Å². The molecule has 0 unspecified atom stereocenters. The average molecular weight is 394 g/mol. The van der Waals surface area contributed by atoms with Gasteiger partial charge >= 0.3 is 5.97 Å². The van der Waals surface area contributed by atoms with E-state index in [1.54, 1.807) is 12.1 Å². The molecule has 1 N–H and O–H groups in total. The molecule has 4 atom stereocenters. The maximum absolute atomic E-state index is 12.5. The number of ether oxygens (including phenoxy) is 1. The van der Waals surface area contributed by atoms with Gasteiger partial charge in [-0.15, -0.1) is 11.8 Å². The van der Waals surface area contributed by atoms with Crippen LogP contribution in [0.3, 0.4) is 0 Å². The van der Waals surface area contributed by atoms with Crippen LogP contribution >= 0.6 is 11.8 Å². The molecule has 2 aliphatic rings. The Morgan fingerprint density at radius 2 is 2.11 bits per heavy atom. The molecule has 0 radical (unpaired) electrons. The topological polar surface area (TPSA) is 88.8 Å². The minimum Gasteiger partial charge on any atom is -0.466 e. The Balaban J connectivity index is 1.54. The smallest absolute Gasteiger partial charge is 0.330 e. The van der Waals surface area contributed by atoms with Crippen molar-refractivity contribution < 1.29 is 23.5 Å². The maximum atomic E-state index is 12.5. The van der Waals surface area contributed by atoms with E-state index in [9.17, 15) is 14.4 Å². The first-order chi connectivity index (χ1) is 13.0. The van der Waals surface area contributed by atoms with Gasteiger partial charge in [-0.05, 0) is 30.9 Å². The lowest BCUT2D eigenvalue weighted by Crippen LogP contribution is -2.45. The number of hydrogen-bond acceptors (Lipinski definition) is 6. The number of furan rings is 1. The number of nitrogens with one attached hydrogen (secondary N) is 1. The van der Waals surface area contributed by atoms with Crippen molar-refractivity contribution in [2.75, 3.05) is 12.4 Å². The summed E-state index contributed by atoms with van der Waals surface area (Å²) in [6.45, 7) is 3.23. The highest BCUT2D eigenvalue weighted by Gasteiger charge is 2.43. The molecule has 1 aliphatic carbocycles. The van der Waals surface area contributed by atoms with E-state index >= 15 is 0 Å². The van der Waals surface area contributed by atoms with Gasteiger partial charge in [-0.3, -0.25) is 9.59 Å². The molecule has 8 heteroatoms. The normalized spacial score (nSPS) is 28.0. The number of hydrogen-bond donors (Lipinski definition) is 1. The Morgan fingerprint density at radius 3 is 2.78 bits per heavy atom. The molecule has 2 heterocycles. The van der Waals surface area contributed by atoms with E-state index in [0.717, 1.165) is 19.3 Å². The molecular weight excluding hydrogens is 368 g/mol. The number of nitrogens with zero attached hydrogens (tertiary/aromatic N) is 1. The van der Waals surface area contributed by atoms with Gasteiger partial charge in [0.25, 0.3) is 5.91 Å². The van der Waals surface area contributed by atoms with Crippen molar-refractivity contribution in [2.45, 2.75) is 57.0 Å². The Morgan fingerprint density at radius 1 is 1.33 bits per heavy atom. The Labute approximate surface area is 163 Å². The van der Waals surface area contributed by atoms with Crippen LogP contribution in [0.1, 0.15) is 50.7 Å². The molecule has 1 aliphatic heterocycles. The van der Waals surface area contributed by atoms with E-state index < -0.39 is 12.0 Å². The molecule has 0 aromatic carbocycles. The second kappa shape index (κ2) is 8.82. The molecule has 1 aromatic heterocycles. The Hall–Kier alpha value is -1.96. The summed E-state index contributed by atoms with van der Waals surface area (Å²) in [6, 6.07) is 2.95. The molecule has 7 nitrogen and oxygen atoms in total. The zero-order valence-electron chi connectivity index (χ0n) is 15.7. The van der Waals surface area contributed by atoms with Gasteiger partial charge in [0.2, 0.25) is 5.91 Å². The molecule has 2 amide bonds. The lowest BCUT2D eigenvalue weighted by Gasteiger charge is -2.29. The second-order valence-electron chi connectivity index (χ2n) is 7.19. The minimum atomic E-state index is -0.719. The molecule has 2 fully saturated rings. The molecule has 0 bridgehead atoms. The van der Waals surface area contributed by atoms with Crippen molar-refractivity contribution in [1.82, 2.24) is 10.2 Å². The van der Waals surface area contributed by atoms with Gasteiger partial charge in [0.1, 0.15) is 17.2 Å². The van der Waals surface area contributed by atoms with Crippen molar-refractivity contribution in [1.29, 1.82) is 0 Å². The molecule has 148 valence electrons. The van der Waals surface area contributed by atoms with Crippen molar-refractivity contribution in [2.24, 2.45) is 5.92 Å². The summed E-state index contributed by atoms with van der Waals surface area (Å²) in [6.07, 6.45) is 5.90. The Bertz CT molecular complexity index is 678. The van der Waals surface area contributed by atoms with Crippen LogP contribution in [-0.2, 0) is 19.1 Å². The summed E-state index contributed by atoms with van der Waals surface area (Å²) in [5.41, 5.74) is 0. The fraction of sp³-hybridized carbons (Fsp3) is 0.632. The van der Waals surface area contributed by atoms with Gasteiger partial charge in [-0.2, -0.15) is 0 Å². The van der Waals surface area contributed by atoms with Crippen LogP contribution in [0.25, 0.3) is 0 Å². The zero-order valence-corrected chi connectivity index (χ0v) is 16.5. The third-order valence-electron chi connectivity index (χ3n) is 5.23. The largest absolute Gasteiger partial charge is 0.466 e. The molecular formula is C19H26N2O5S. The van der Waals surface area contributed by atoms with Crippen LogP contribution in [0.15, 0.2) is 22.8 Å². The van der Waals surface area contributed by atoms with E-state index in [1.165, 1.54) is 36.3 Å². The summed E-state index contributed by atoms with van der Waals surface area (Å²) in [4.78, 5) is 38.2. The average Bonchev–Trinajstić information content (AvgIpc) is 3.30. The third-order valence-corrected chi connectivity index (χ3v) is 6.51. The number of thioether (sulfide) groups is 1. The van der Waals surface area contributed by atoms with Crippen molar-refractivity contribution in [3.8, 4) is 0 Å². The van der Waals surface area contributed by atoms with Gasteiger partial charge in [-0.25, -0.2) is 4.79 Å². The minimum absolute atomic E-state index is 0.143. The predicted molar refractivity (Wildman–Crippen MR) is 101 cm³/mol. The zero-order chi connectivity index (χ0) is 19.4. The lowest BCUT2D eigenvalue weighted by molar-refractivity contribution is -0.156. The van der Waals surface area contributed by atoms with Crippen molar-refractivity contribution in [3.05, 3.63) is 24.2 Å². The van der Waals surface area contributed by atoms with E-state index in [1.807, 2.05) is 0 Å². The molecule has 3 rings (SSSR count). The monoisotopic (exact) mass is 394 g/mol. The summed E-state index contributed by atoms with van der Waals surface area (Å²) < 4.78 is 10.6. The highest BCUT2D eigenvalue weighted by atomic mass is 32.2. The second-order valence-corrected chi connectivity index (χ2v) is 8.30. The van der Waals surface area contributed by atoms with Crippen LogP contribution in [0.4, 0.5) is 0 Å². The maximum Gasteiger partial charge on any atom is 0.330 e. The van der Waals surface area contributed by atoms with Crippen LogP contribution in [0.2, 0.25) is 0 Å². The van der Waals surface area contributed by atoms with E-state index in [-0.39, 0.29) is 29.8 Å². The van der Waals surface area contributed by atoms with Gasteiger partial charge < -0.3 is 19.4 Å². The quantitative estimate of drug-likeness (QED) is 0.772. The van der Waals surface area contributed by atoms with Gasteiger partial charge in [0, 0.05) is 18.7 Å². The van der Waals surface area contributed by atoms with E-state index in [2.05, 4.69) is 12.2 Å². The summed E-state index contributed by atoms with van der Waals surface area (Å²) in [5, 5.41) is 2.61. The van der Waals surface area contributed by atoms with E-state index in [4.69, 9.17) is 9.15 Å². The van der Waals surface area contributed by atoms with Crippen LogP contribution in [0.5, 0.6) is 0 Å². The Kier molecular flexibility index (Phi) is 6.46. The number of carbonyl (C=O) groups excluding carboxylic acids is 3.